The summed E-state index contributed by atoms with van der Waals surface area (Å²) in [5, 5.41) is 9.23. The fraction of sp³-hybridized carbons (Fsp3) is 0.370. The van der Waals surface area contributed by atoms with E-state index in [4.69, 9.17) is 9.47 Å². The van der Waals surface area contributed by atoms with Crippen LogP contribution in [0.1, 0.15) is 32.0 Å². The third kappa shape index (κ3) is 7.69. The van der Waals surface area contributed by atoms with Gasteiger partial charge in [0.15, 0.2) is 6.10 Å². The Bertz CT molecular complexity index is 980. The van der Waals surface area contributed by atoms with E-state index in [1.54, 1.807) is 18.7 Å². The maximum absolute atomic E-state index is 11.3. The van der Waals surface area contributed by atoms with E-state index in [0.717, 1.165) is 17.9 Å². The van der Waals surface area contributed by atoms with Crippen molar-refractivity contribution in [2.45, 2.75) is 51.7 Å². The van der Waals surface area contributed by atoms with Crippen LogP contribution in [-0.2, 0) is 22.5 Å². The Morgan fingerprint density at radius 2 is 1.70 bits per heavy atom. The number of benzene rings is 2. The SMILES string of the molecule is CC.CCOC(Cc1ccc(OCCn2c(C)ccc2-c2ccc(SC)cc2)cc1)C(=O)O. The fourth-order valence-corrected chi connectivity index (χ4v) is 3.90. The number of aromatic nitrogens is 1. The summed E-state index contributed by atoms with van der Waals surface area (Å²) in [6, 6.07) is 20.4. The first-order valence-corrected chi connectivity index (χ1v) is 12.6. The second kappa shape index (κ2) is 13.8. The number of carboxylic acid groups (broad SMARTS) is 1. The second-order valence-corrected chi connectivity index (χ2v) is 8.10. The van der Waals surface area contributed by atoms with Crippen LogP contribution < -0.4 is 4.74 Å². The van der Waals surface area contributed by atoms with Gasteiger partial charge in [-0.25, -0.2) is 4.79 Å². The van der Waals surface area contributed by atoms with E-state index in [2.05, 4.69) is 54.1 Å². The minimum absolute atomic E-state index is 0.338. The highest BCUT2D eigenvalue weighted by Crippen LogP contribution is 2.25. The fourth-order valence-electron chi connectivity index (χ4n) is 3.49. The Labute approximate surface area is 201 Å². The lowest BCUT2D eigenvalue weighted by Crippen LogP contribution is -2.26. The molecule has 1 atom stereocenters. The molecule has 0 aliphatic heterocycles. The van der Waals surface area contributed by atoms with Crippen molar-refractivity contribution in [1.82, 2.24) is 4.57 Å². The van der Waals surface area contributed by atoms with Crippen molar-refractivity contribution < 1.29 is 19.4 Å². The predicted octanol–water partition coefficient (Wildman–Crippen LogP) is 6.32. The lowest BCUT2D eigenvalue weighted by Gasteiger charge is -2.14. The van der Waals surface area contributed by atoms with Crippen molar-refractivity contribution in [1.29, 1.82) is 0 Å². The molecule has 0 radical (unpaired) electrons. The Kier molecular flexibility index (Phi) is 11.1. The highest BCUT2D eigenvalue weighted by Gasteiger charge is 2.17. The Hall–Kier alpha value is -2.70. The van der Waals surface area contributed by atoms with E-state index in [-0.39, 0.29) is 0 Å². The van der Waals surface area contributed by atoms with Gasteiger partial charge in [-0.05, 0) is 67.6 Å². The summed E-state index contributed by atoms with van der Waals surface area (Å²) in [5.41, 5.74) is 4.47. The highest BCUT2D eigenvalue weighted by molar-refractivity contribution is 7.98. The third-order valence-corrected chi connectivity index (χ3v) is 5.90. The maximum atomic E-state index is 11.3. The zero-order chi connectivity index (χ0) is 24.2. The first-order valence-electron chi connectivity index (χ1n) is 11.4. The Morgan fingerprint density at radius 3 is 2.27 bits per heavy atom. The van der Waals surface area contributed by atoms with Gasteiger partial charge in [0.1, 0.15) is 12.4 Å². The summed E-state index contributed by atoms with van der Waals surface area (Å²) < 4.78 is 13.5. The van der Waals surface area contributed by atoms with Crippen LogP contribution in [0.5, 0.6) is 5.75 Å². The smallest absolute Gasteiger partial charge is 0.333 e. The number of aliphatic carboxylic acids is 1. The van der Waals surface area contributed by atoms with E-state index >= 15 is 0 Å². The monoisotopic (exact) mass is 469 g/mol. The lowest BCUT2D eigenvalue weighted by molar-refractivity contribution is -0.149. The van der Waals surface area contributed by atoms with Crippen LogP contribution in [0.25, 0.3) is 11.3 Å². The average Bonchev–Trinajstić information content (AvgIpc) is 3.21. The summed E-state index contributed by atoms with van der Waals surface area (Å²) in [5.74, 6) is -0.175. The van der Waals surface area contributed by atoms with Gasteiger partial charge < -0.3 is 19.1 Å². The van der Waals surface area contributed by atoms with Crippen LogP contribution in [0.2, 0.25) is 0 Å². The zero-order valence-corrected chi connectivity index (χ0v) is 21.0. The minimum atomic E-state index is -0.942. The van der Waals surface area contributed by atoms with Gasteiger partial charge in [0.2, 0.25) is 0 Å². The highest BCUT2D eigenvalue weighted by atomic mass is 32.2. The molecule has 0 amide bonds. The first kappa shape index (κ1) is 26.6. The van der Waals surface area contributed by atoms with Gasteiger partial charge in [0, 0.05) is 29.3 Å². The van der Waals surface area contributed by atoms with Crippen LogP contribution in [0, 0.1) is 6.92 Å². The van der Waals surface area contributed by atoms with E-state index in [1.807, 2.05) is 38.1 Å². The molecule has 0 fully saturated rings. The predicted molar refractivity (Wildman–Crippen MR) is 136 cm³/mol. The molecule has 1 aromatic heterocycles. The normalized spacial score (nSPS) is 11.4. The van der Waals surface area contributed by atoms with Gasteiger partial charge in [-0.2, -0.15) is 0 Å². The summed E-state index contributed by atoms with van der Waals surface area (Å²) >= 11 is 1.74. The first-order chi connectivity index (χ1) is 16.0. The van der Waals surface area contributed by atoms with Crippen LogP contribution in [0.3, 0.4) is 0 Å². The molecule has 3 rings (SSSR count). The molecular formula is C27H35NO4S. The van der Waals surface area contributed by atoms with Gasteiger partial charge in [-0.1, -0.05) is 38.1 Å². The van der Waals surface area contributed by atoms with Crippen molar-refractivity contribution in [3.8, 4) is 17.0 Å². The number of hydrogen-bond donors (Lipinski definition) is 1. The van der Waals surface area contributed by atoms with E-state index in [9.17, 15) is 9.90 Å². The van der Waals surface area contributed by atoms with Crippen LogP contribution in [-0.4, -0.2) is 41.2 Å². The van der Waals surface area contributed by atoms with E-state index in [1.165, 1.54) is 21.8 Å². The summed E-state index contributed by atoms with van der Waals surface area (Å²) in [7, 11) is 0. The number of thioether (sulfide) groups is 1. The van der Waals surface area contributed by atoms with Crippen molar-refractivity contribution in [2.24, 2.45) is 0 Å². The zero-order valence-electron chi connectivity index (χ0n) is 20.2. The number of nitrogens with zero attached hydrogens (tertiary/aromatic N) is 1. The summed E-state index contributed by atoms with van der Waals surface area (Å²) in [6.45, 7) is 9.56. The van der Waals surface area contributed by atoms with Crippen LogP contribution in [0.4, 0.5) is 0 Å². The number of carboxylic acids is 1. The van der Waals surface area contributed by atoms with Crippen molar-refractivity contribution in [3.05, 3.63) is 71.9 Å². The number of hydrogen-bond acceptors (Lipinski definition) is 4. The third-order valence-electron chi connectivity index (χ3n) is 5.16. The minimum Gasteiger partial charge on any atom is -0.492 e. The topological polar surface area (TPSA) is 60.7 Å². The molecule has 1 N–H and O–H groups in total. The summed E-state index contributed by atoms with van der Waals surface area (Å²) in [4.78, 5) is 12.5. The molecule has 0 saturated carbocycles. The van der Waals surface area contributed by atoms with E-state index in [0.29, 0.717) is 19.6 Å². The summed E-state index contributed by atoms with van der Waals surface area (Å²) in [6.07, 6.45) is 1.59. The van der Waals surface area contributed by atoms with Gasteiger partial charge >= 0.3 is 5.97 Å². The van der Waals surface area contributed by atoms with Gasteiger partial charge in [0.05, 0.1) is 6.54 Å². The molecule has 0 spiro atoms. The maximum Gasteiger partial charge on any atom is 0.333 e. The second-order valence-electron chi connectivity index (χ2n) is 7.22. The lowest BCUT2D eigenvalue weighted by atomic mass is 10.1. The molecule has 0 aliphatic carbocycles. The van der Waals surface area contributed by atoms with Gasteiger partial charge in [-0.3, -0.25) is 0 Å². The van der Waals surface area contributed by atoms with Crippen LogP contribution in [0.15, 0.2) is 65.6 Å². The van der Waals surface area contributed by atoms with Gasteiger partial charge in [0.25, 0.3) is 0 Å². The Morgan fingerprint density at radius 1 is 1.03 bits per heavy atom. The molecule has 33 heavy (non-hydrogen) atoms. The van der Waals surface area contributed by atoms with Crippen molar-refractivity contribution in [2.75, 3.05) is 19.5 Å². The van der Waals surface area contributed by atoms with Crippen molar-refractivity contribution >= 4 is 17.7 Å². The van der Waals surface area contributed by atoms with Crippen LogP contribution >= 0.6 is 11.8 Å². The standard InChI is InChI=1S/C25H29NO4S.C2H6/c1-4-29-24(25(27)28)17-19-6-10-21(11-7-19)30-16-15-26-18(2)5-14-23(26)20-8-12-22(31-3)13-9-20;1-2/h5-14,24H,4,15-17H2,1-3H3,(H,27,28);1-2H3. The molecule has 0 aliphatic rings. The number of rotatable bonds is 11. The molecule has 1 unspecified atom stereocenters. The number of ether oxygens (including phenoxy) is 2. The molecule has 0 saturated heterocycles. The molecule has 6 heteroatoms. The quantitative estimate of drug-likeness (QED) is 0.333. The molecule has 2 aromatic carbocycles. The number of carbonyl (C=O) groups is 1. The molecule has 5 nitrogen and oxygen atoms in total. The molecule has 3 aromatic rings. The molecular weight excluding hydrogens is 434 g/mol. The average molecular weight is 470 g/mol. The van der Waals surface area contributed by atoms with E-state index < -0.39 is 12.1 Å². The van der Waals surface area contributed by atoms with Crippen molar-refractivity contribution in [3.63, 3.8) is 0 Å². The Balaban J connectivity index is 0.00000187. The molecule has 0 bridgehead atoms. The molecule has 1 heterocycles. The van der Waals surface area contributed by atoms with Gasteiger partial charge in [-0.15, -0.1) is 11.8 Å². The number of aryl methyl sites for hydroxylation is 1. The largest absolute Gasteiger partial charge is 0.492 e. The molecule has 178 valence electrons.